The van der Waals surface area contributed by atoms with Gasteiger partial charge >= 0.3 is 6.03 Å². The Labute approximate surface area is 145 Å². The topological polar surface area (TPSA) is 87.5 Å². The fourth-order valence-electron chi connectivity index (χ4n) is 2.75. The zero-order chi connectivity index (χ0) is 18.2. The Morgan fingerprint density at radius 3 is 2.56 bits per heavy atom. The highest BCUT2D eigenvalue weighted by atomic mass is 16.2. The molecule has 1 aliphatic heterocycles. The van der Waals surface area contributed by atoms with Crippen molar-refractivity contribution in [3.63, 3.8) is 0 Å². The van der Waals surface area contributed by atoms with Crippen molar-refractivity contribution >= 4 is 23.5 Å². The summed E-state index contributed by atoms with van der Waals surface area (Å²) in [7, 11) is 3.33. The minimum Gasteiger partial charge on any atom is -0.319 e. The van der Waals surface area contributed by atoms with Gasteiger partial charge in [0.15, 0.2) is 0 Å². The highest BCUT2D eigenvalue weighted by molar-refractivity contribution is 6.10. The maximum atomic E-state index is 12.8. The van der Waals surface area contributed by atoms with Crippen molar-refractivity contribution in [3.8, 4) is 0 Å². The molecule has 1 N–H and O–H groups in total. The normalized spacial score (nSPS) is 19.9. The summed E-state index contributed by atoms with van der Waals surface area (Å²) in [4.78, 5) is 39.9. The van der Waals surface area contributed by atoms with Gasteiger partial charge < -0.3 is 10.2 Å². The first-order chi connectivity index (χ1) is 11.8. The maximum absolute atomic E-state index is 12.8. The molecular formula is C17H19N5O3. The van der Waals surface area contributed by atoms with Crippen LogP contribution in [0.3, 0.4) is 0 Å². The fraction of sp³-hybridized carbons (Fsp3) is 0.294. The van der Waals surface area contributed by atoms with Crippen molar-refractivity contribution in [3.05, 3.63) is 48.3 Å². The third kappa shape index (κ3) is 2.86. The van der Waals surface area contributed by atoms with E-state index in [-0.39, 0.29) is 12.5 Å². The molecule has 3 rings (SSSR count). The molecule has 0 unspecified atom stereocenters. The van der Waals surface area contributed by atoms with Crippen molar-refractivity contribution in [2.45, 2.75) is 12.5 Å². The minimum absolute atomic E-state index is 0.327. The van der Waals surface area contributed by atoms with Crippen LogP contribution in [0.15, 0.2) is 42.7 Å². The number of amides is 4. The third-order valence-electron chi connectivity index (χ3n) is 4.37. The molecule has 2 heterocycles. The summed E-state index contributed by atoms with van der Waals surface area (Å²) in [5.41, 5.74) is 0.0333. The number of nitrogens with one attached hydrogen (secondary N) is 1. The summed E-state index contributed by atoms with van der Waals surface area (Å²) in [6, 6.07) is 8.44. The molecule has 4 amide bonds. The number of urea groups is 1. The van der Waals surface area contributed by atoms with Crippen LogP contribution in [0.2, 0.25) is 0 Å². The van der Waals surface area contributed by atoms with E-state index in [9.17, 15) is 14.4 Å². The lowest BCUT2D eigenvalue weighted by Gasteiger charge is -2.22. The number of anilines is 1. The number of aromatic nitrogens is 2. The predicted molar refractivity (Wildman–Crippen MR) is 90.7 cm³/mol. The number of benzene rings is 1. The Bertz CT molecular complexity index is 832. The van der Waals surface area contributed by atoms with Crippen LogP contribution >= 0.6 is 0 Å². The van der Waals surface area contributed by atoms with Gasteiger partial charge in [-0.25, -0.2) is 4.79 Å². The molecule has 1 saturated heterocycles. The molecule has 0 saturated carbocycles. The van der Waals surface area contributed by atoms with Crippen LogP contribution in [0, 0.1) is 0 Å². The standard InChI is InChI=1S/C17H19N5O3/c1-17(12-9-18-20(2)10-12)15(24)22(16(25)19-17)11-14(23)21(3)13-7-5-4-6-8-13/h4-10H,11H2,1-3H3,(H,19,25)/t17-/m0/s1. The molecule has 1 atom stereocenters. The van der Waals surface area contributed by atoms with E-state index in [1.165, 1.54) is 11.1 Å². The van der Waals surface area contributed by atoms with E-state index in [1.54, 1.807) is 44.0 Å². The van der Waals surface area contributed by atoms with Crippen molar-refractivity contribution in [1.29, 1.82) is 0 Å². The first kappa shape index (κ1) is 16.7. The van der Waals surface area contributed by atoms with Crippen molar-refractivity contribution in [2.24, 2.45) is 7.05 Å². The summed E-state index contributed by atoms with van der Waals surface area (Å²) in [5, 5.41) is 6.70. The fourth-order valence-corrected chi connectivity index (χ4v) is 2.75. The lowest BCUT2D eigenvalue weighted by atomic mass is 9.95. The lowest BCUT2D eigenvalue weighted by molar-refractivity contribution is -0.134. The number of nitrogens with zero attached hydrogens (tertiary/aromatic N) is 4. The van der Waals surface area contributed by atoms with E-state index in [0.29, 0.717) is 11.3 Å². The number of para-hydroxylation sites is 1. The number of hydrogen-bond donors (Lipinski definition) is 1. The molecule has 2 aromatic rings. The Kier molecular flexibility index (Phi) is 4.03. The second-order valence-corrected chi connectivity index (χ2v) is 6.14. The molecule has 25 heavy (non-hydrogen) atoms. The number of hydrogen-bond acceptors (Lipinski definition) is 4. The van der Waals surface area contributed by atoms with E-state index in [0.717, 1.165) is 4.90 Å². The molecule has 1 aromatic carbocycles. The number of aryl methyl sites for hydroxylation is 1. The van der Waals surface area contributed by atoms with Crippen molar-refractivity contribution < 1.29 is 14.4 Å². The molecule has 1 aliphatic rings. The van der Waals surface area contributed by atoms with Crippen LogP contribution in [-0.4, -0.2) is 46.1 Å². The lowest BCUT2D eigenvalue weighted by Crippen LogP contribution is -2.43. The minimum atomic E-state index is -1.23. The van der Waals surface area contributed by atoms with Gasteiger partial charge in [0.05, 0.1) is 6.20 Å². The van der Waals surface area contributed by atoms with Crippen molar-refractivity contribution in [1.82, 2.24) is 20.0 Å². The summed E-state index contributed by atoms with van der Waals surface area (Å²) in [5.74, 6) is -0.828. The molecule has 130 valence electrons. The molecule has 1 aromatic heterocycles. The van der Waals surface area contributed by atoms with Crippen LogP contribution in [0.25, 0.3) is 0 Å². The van der Waals surface area contributed by atoms with Crippen LogP contribution in [-0.2, 0) is 22.2 Å². The summed E-state index contributed by atoms with van der Waals surface area (Å²) in [6.07, 6.45) is 3.19. The van der Waals surface area contributed by atoms with Crippen LogP contribution < -0.4 is 10.2 Å². The first-order valence-electron chi connectivity index (χ1n) is 7.78. The predicted octanol–water partition coefficient (Wildman–Crippen LogP) is 0.850. The number of carbonyl (C=O) groups excluding carboxylic acids is 3. The molecule has 0 aliphatic carbocycles. The zero-order valence-electron chi connectivity index (χ0n) is 14.3. The zero-order valence-corrected chi connectivity index (χ0v) is 14.3. The SMILES string of the molecule is CN(C(=O)CN1C(=O)N[C@@](C)(c2cnn(C)c2)C1=O)c1ccccc1. The molecule has 0 radical (unpaired) electrons. The van der Waals surface area contributed by atoms with E-state index >= 15 is 0 Å². The molecule has 1 fully saturated rings. The Morgan fingerprint density at radius 2 is 1.96 bits per heavy atom. The van der Waals surface area contributed by atoms with E-state index < -0.39 is 17.5 Å². The van der Waals surface area contributed by atoms with E-state index in [1.807, 2.05) is 18.2 Å². The van der Waals surface area contributed by atoms with Gasteiger partial charge in [0.1, 0.15) is 12.1 Å². The van der Waals surface area contributed by atoms with Crippen molar-refractivity contribution in [2.75, 3.05) is 18.5 Å². The van der Waals surface area contributed by atoms with Gasteiger partial charge in [-0.15, -0.1) is 0 Å². The van der Waals surface area contributed by atoms with Gasteiger partial charge in [0.2, 0.25) is 5.91 Å². The number of likely N-dealkylation sites (N-methyl/N-ethyl adjacent to an activating group) is 1. The molecule has 0 spiro atoms. The van der Waals surface area contributed by atoms with Gasteiger partial charge in [0.25, 0.3) is 5.91 Å². The summed E-state index contributed by atoms with van der Waals surface area (Å²) < 4.78 is 1.55. The number of carbonyl (C=O) groups is 3. The summed E-state index contributed by atoms with van der Waals surface area (Å²) in [6.45, 7) is 1.28. The summed E-state index contributed by atoms with van der Waals surface area (Å²) >= 11 is 0. The largest absolute Gasteiger partial charge is 0.325 e. The second-order valence-electron chi connectivity index (χ2n) is 6.14. The van der Waals surface area contributed by atoms with Gasteiger partial charge in [-0.1, -0.05) is 18.2 Å². The van der Waals surface area contributed by atoms with Gasteiger partial charge in [0, 0.05) is 31.5 Å². The van der Waals surface area contributed by atoms with Gasteiger partial charge in [-0.3, -0.25) is 19.2 Å². The second kappa shape index (κ2) is 6.04. The Balaban J connectivity index is 1.78. The first-order valence-corrected chi connectivity index (χ1v) is 7.78. The number of rotatable bonds is 4. The van der Waals surface area contributed by atoms with Crippen LogP contribution in [0.4, 0.5) is 10.5 Å². The molecule has 0 bridgehead atoms. The van der Waals surface area contributed by atoms with Gasteiger partial charge in [-0.05, 0) is 19.1 Å². The smallest absolute Gasteiger partial charge is 0.319 e. The Morgan fingerprint density at radius 1 is 1.28 bits per heavy atom. The molecular weight excluding hydrogens is 322 g/mol. The molecule has 8 heteroatoms. The molecule has 8 nitrogen and oxygen atoms in total. The van der Waals surface area contributed by atoms with E-state index in [4.69, 9.17) is 0 Å². The average Bonchev–Trinajstić information content (AvgIpc) is 3.13. The third-order valence-corrected chi connectivity index (χ3v) is 4.37. The van der Waals surface area contributed by atoms with Gasteiger partial charge in [-0.2, -0.15) is 5.10 Å². The van der Waals surface area contributed by atoms with Crippen LogP contribution in [0.1, 0.15) is 12.5 Å². The number of imide groups is 1. The van der Waals surface area contributed by atoms with Crippen LogP contribution in [0.5, 0.6) is 0 Å². The highest BCUT2D eigenvalue weighted by Gasteiger charge is 2.50. The quantitative estimate of drug-likeness (QED) is 0.835. The highest BCUT2D eigenvalue weighted by Crippen LogP contribution is 2.28. The van der Waals surface area contributed by atoms with E-state index in [2.05, 4.69) is 10.4 Å². The Hall–Kier alpha value is -3.16. The average molecular weight is 341 g/mol. The monoisotopic (exact) mass is 341 g/mol. The maximum Gasteiger partial charge on any atom is 0.325 e.